The molecule has 2 atom stereocenters. The van der Waals surface area contributed by atoms with Crippen LogP contribution in [-0.2, 0) is 17.5 Å². The largest absolute Gasteiger partial charge is 0.506 e. The van der Waals surface area contributed by atoms with Crippen LogP contribution >= 0.6 is 0 Å². The van der Waals surface area contributed by atoms with Crippen molar-refractivity contribution in [3.05, 3.63) is 136 Å². The van der Waals surface area contributed by atoms with Crippen molar-refractivity contribution in [2.45, 2.75) is 77.0 Å². The van der Waals surface area contributed by atoms with Crippen LogP contribution in [-0.4, -0.2) is 71.3 Å². The summed E-state index contributed by atoms with van der Waals surface area (Å²) < 4.78 is 9.23. The number of benzene rings is 4. The molecule has 2 aromatic heterocycles. The minimum Gasteiger partial charge on any atom is -0.506 e. The van der Waals surface area contributed by atoms with Crippen molar-refractivity contribution in [3.63, 3.8) is 0 Å². The number of aromatic hydroxyl groups is 1. The lowest BCUT2D eigenvalue weighted by atomic mass is 9.82. The average Bonchev–Trinajstić information content (AvgIpc) is 3.63. The van der Waals surface area contributed by atoms with Gasteiger partial charge in [-0.2, -0.15) is 0 Å². The minimum absolute atomic E-state index is 0.00989. The van der Waals surface area contributed by atoms with Crippen LogP contribution in [0.25, 0.3) is 39.0 Å². The van der Waals surface area contributed by atoms with Crippen molar-refractivity contribution in [2.75, 3.05) is 31.1 Å². The molecule has 4 aromatic carbocycles. The van der Waals surface area contributed by atoms with Crippen molar-refractivity contribution >= 4 is 48.0 Å². The molecular formula is C49H57N5O5Si. The van der Waals surface area contributed by atoms with Gasteiger partial charge in [0, 0.05) is 54.9 Å². The van der Waals surface area contributed by atoms with Crippen LogP contribution in [0.3, 0.4) is 0 Å². The van der Waals surface area contributed by atoms with E-state index in [0.717, 1.165) is 82.3 Å². The van der Waals surface area contributed by atoms with Gasteiger partial charge in [-0.15, -0.1) is 0 Å². The molecule has 4 N–H and O–H groups in total. The summed E-state index contributed by atoms with van der Waals surface area (Å²) >= 11 is 0. The molecule has 0 saturated carbocycles. The highest BCUT2D eigenvalue weighted by Gasteiger charge is 2.41. The van der Waals surface area contributed by atoms with Crippen LogP contribution in [0.2, 0.25) is 18.1 Å². The van der Waals surface area contributed by atoms with Gasteiger partial charge in [-0.25, -0.2) is 4.79 Å². The number of aromatic nitrogens is 2. The topological polar surface area (TPSA) is 123 Å². The van der Waals surface area contributed by atoms with Gasteiger partial charge in [-0.1, -0.05) is 87.5 Å². The minimum atomic E-state index is -2.21. The first-order valence-electron chi connectivity index (χ1n) is 21.2. The number of hydrogen-bond acceptors (Lipinski definition) is 6. The first-order valence-corrected chi connectivity index (χ1v) is 24.1. The molecule has 0 spiro atoms. The number of piperidine rings is 3. The molecule has 60 heavy (non-hydrogen) atoms. The predicted octanol–water partition coefficient (Wildman–Crippen LogP) is 10.0. The first-order chi connectivity index (χ1) is 28.8. The Labute approximate surface area is 353 Å². The van der Waals surface area contributed by atoms with E-state index in [1.165, 1.54) is 6.07 Å². The smallest absolute Gasteiger partial charge is 0.412 e. The third-order valence-corrected chi connectivity index (χ3v) is 17.6. The lowest BCUT2D eigenvalue weighted by molar-refractivity contribution is 0.0838. The second kappa shape index (κ2) is 16.9. The zero-order valence-electron chi connectivity index (χ0n) is 35.3. The first kappa shape index (κ1) is 41.3. The van der Waals surface area contributed by atoms with Crippen LogP contribution < -0.4 is 15.8 Å². The fourth-order valence-electron chi connectivity index (χ4n) is 8.82. The molecule has 10 nitrogen and oxygen atoms in total. The third-order valence-electron chi connectivity index (χ3n) is 13.1. The third kappa shape index (κ3) is 8.58. The van der Waals surface area contributed by atoms with E-state index in [0.29, 0.717) is 31.1 Å². The van der Waals surface area contributed by atoms with Gasteiger partial charge < -0.3 is 34.4 Å². The summed E-state index contributed by atoms with van der Waals surface area (Å²) in [5.41, 5.74) is 7.01. The second-order valence-corrected chi connectivity index (χ2v) is 22.8. The number of phenols is 1. The van der Waals surface area contributed by atoms with Crippen molar-refractivity contribution in [2.24, 2.45) is 5.92 Å². The van der Waals surface area contributed by atoms with Crippen LogP contribution in [0.4, 0.5) is 10.5 Å². The number of aromatic amines is 1. The number of carbonyl (C=O) groups is 1. The highest BCUT2D eigenvalue weighted by molar-refractivity contribution is 6.74. The molecule has 6 aromatic rings. The Bertz CT molecular complexity index is 2590. The molecule has 3 saturated heterocycles. The quantitative estimate of drug-likeness (QED) is 0.0856. The summed E-state index contributed by atoms with van der Waals surface area (Å²) in [7, 11) is -2.21. The molecule has 0 radical (unpaired) electrons. The zero-order chi connectivity index (χ0) is 42.2. The zero-order valence-corrected chi connectivity index (χ0v) is 36.3. The van der Waals surface area contributed by atoms with E-state index in [1.54, 1.807) is 17.0 Å². The number of rotatable bonds is 13. The summed E-state index contributed by atoms with van der Waals surface area (Å²) in [6, 6.07) is 31.7. The Balaban J connectivity index is 0.984. The molecular weight excluding hydrogens is 767 g/mol. The van der Waals surface area contributed by atoms with E-state index in [9.17, 15) is 19.8 Å². The van der Waals surface area contributed by atoms with E-state index in [4.69, 9.17) is 4.43 Å². The molecule has 3 aliphatic rings. The Morgan fingerprint density at radius 1 is 1.00 bits per heavy atom. The molecule has 2 bridgehead atoms. The highest BCUT2D eigenvalue weighted by atomic mass is 28.4. The Kier molecular flexibility index (Phi) is 11.6. The molecule has 312 valence electrons. The second-order valence-electron chi connectivity index (χ2n) is 18.0. The van der Waals surface area contributed by atoms with Gasteiger partial charge in [0.05, 0.1) is 23.3 Å². The average molecular weight is 824 g/mol. The van der Waals surface area contributed by atoms with Gasteiger partial charge in [-0.3, -0.25) is 9.69 Å². The molecule has 1 amide bonds. The number of amides is 1. The fourth-order valence-corrected chi connectivity index (χ4v) is 10.1. The molecule has 9 rings (SSSR count). The van der Waals surface area contributed by atoms with Gasteiger partial charge in [0.25, 0.3) is 0 Å². The van der Waals surface area contributed by atoms with Crippen molar-refractivity contribution in [1.82, 2.24) is 19.8 Å². The van der Waals surface area contributed by atoms with Gasteiger partial charge >= 0.3 is 6.09 Å². The number of nitrogens with zero attached hydrogens (tertiary/aromatic N) is 3. The van der Waals surface area contributed by atoms with Gasteiger partial charge in [0.1, 0.15) is 5.75 Å². The summed E-state index contributed by atoms with van der Waals surface area (Å²) in [4.78, 5) is 32.1. The normalized spacial score (nSPS) is 18.7. The molecule has 5 heterocycles. The number of fused-ring (bicyclic) bond motifs is 5. The number of hydrogen-bond donors (Lipinski definition) is 4. The van der Waals surface area contributed by atoms with E-state index >= 15 is 0 Å². The molecule has 0 unspecified atom stereocenters. The maximum atomic E-state index is 13.0. The number of anilines is 1. The number of pyridine rings is 1. The van der Waals surface area contributed by atoms with Crippen molar-refractivity contribution < 1.29 is 19.4 Å². The van der Waals surface area contributed by atoms with Crippen LogP contribution in [0.1, 0.15) is 56.4 Å². The fraction of sp³-hybridized carbons (Fsp3) is 0.347. The van der Waals surface area contributed by atoms with E-state index in [2.05, 4.69) is 121 Å². The standard InChI is InChI=1S/C49H57N5O5Si/c1-49(2,3)60(4,5)59-45(39-16-19-44(55)47-40(39)17-20-46(56)51-47)31-50-30-34-14-18-41-37(28-34)23-27-53(41)24-9-10-33-13-15-38(35-11-7-6-8-12-35)42(29-33)54(48(57)58)43-32-52-25-21-36(43)22-26-52/h6-20,23,27-29,36,43,45,50,55H,21-22,24-26,30-32H2,1-5H3,(H,51,56)(H,57,58)/b10-9+/t43-,45+/m0/s1. The van der Waals surface area contributed by atoms with Crippen LogP contribution in [0.5, 0.6) is 5.75 Å². The molecule has 0 aliphatic carbocycles. The van der Waals surface area contributed by atoms with Crippen molar-refractivity contribution in [3.8, 4) is 16.9 Å². The van der Waals surface area contributed by atoms with E-state index < -0.39 is 14.4 Å². The Morgan fingerprint density at radius 2 is 1.78 bits per heavy atom. The molecule has 3 fully saturated rings. The van der Waals surface area contributed by atoms with Gasteiger partial charge in [0.15, 0.2) is 8.32 Å². The maximum absolute atomic E-state index is 13.0. The number of phenolic OH excluding ortho intramolecular Hbond substituents is 1. The summed E-state index contributed by atoms with van der Waals surface area (Å²) in [6.45, 7) is 15.9. The number of nitrogens with one attached hydrogen (secondary N) is 2. The number of allylic oxidation sites excluding steroid dienone is 1. The number of carboxylic acid groups (broad SMARTS) is 1. The maximum Gasteiger partial charge on any atom is 0.412 e. The summed E-state index contributed by atoms with van der Waals surface area (Å²) in [5, 5.41) is 26.8. The Hall–Kier alpha value is -5.46. The van der Waals surface area contributed by atoms with E-state index in [-0.39, 0.29) is 28.5 Å². The van der Waals surface area contributed by atoms with E-state index in [1.807, 2.05) is 30.3 Å². The summed E-state index contributed by atoms with van der Waals surface area (Å²) in [5.74, 6) is 0.403. The highest BCUT2D eigenvalue weighted by Crippen LogP contribution is 2.42. The monoisotopic (exact) mass is 823 g/mol. The van der Waals surface area contributed by atoms with Crippen LogP contribution in [0.15, 0.2) is 114 Å². The lowest BCUT2D eigenvalue weighted by Gasteiger charge is -2.48. The lowest BCUT2D eigenvalue weighted by Crippen LogP contribution is -2.59. The van der Waals surface area contributed by atoms with Gasteiger partial charge in [0.2, 0.25) is 5.56 Å². The van der Waals surface area contributed by atoms with Gasteiger partial charge in [-0.05, 0) is 114 Å². The predicted molar refractivity (Wildman–Crippen MR) is 245 cm³/mol. The summed E-state index contributed by atoms with van der Waals surface area (Å²) in [6.07, 6.45) is 7.22. The number of H-pyrrole nitrogens is 1. The molecule has 3 aliphatic heterocycles. The molecule has 11 heteroatoms. The van der Waals surface area contributed by atoms with Crippen LogP contribution in [0, 0.1) is 5.92 Å². The Morgan fingerprint density at radius 3 is 2.50 bits per heavy atom. The SMILES string of the molecule is CC(C)(C)[Si](C)(C)O[C@H](CNCc1ccc2c(ccn2C/C=C/c2ccc(-c3ccccc3)c(N(C(=O)O)[C@H]3CN4CCC3CC4)c2)c1)c1ccc(O)c2[nH]c(=O)ccc12. The van der Waals surface area contributed by atoms with Crippen molar-refractivity contribution in [1.29, 1.82) is 0 Å².